The second-order valence-corrected chi connectivity index (χ2v) is 5.09. The van der Waals surface area contributed by atoms with E-state index in [4.69, 9.17) is 9.63 Å². The lowest BCUT2D eigenvalue weighted by Crippen LogP contribution is -2.09. The van der Waals surface area contributed by atoms with Crippen LogP contribution < -0.4 is 0 Å². The lowest BCUT2D eigenvalue weighted by Gasteiger charge is -2.02. The van der Waals surface area contributed by atoms with E-state index < -0.39 is 5.97 Å². The van der Waals surface area contributed by atoms with Gasteiger partial charge in [-0.3, -0.25) is 4.79 Å². The van der Waals surface area contributed by atoms with Crippen LogP contribution in [0, 0.1) is 5.92 Å². The van der Waals surface area contributed by atoms with E-state index in [1.807, 2.05) is 5.38 Å². The molecule has 2 heterocycles. The molecule has 2 unspecified atom stereocenters. The van der Waals surface area contributed by atoms with Crippen LogP contribution in [0.25, 0.3) is 11.5 Å². The summed E-state index contributed by atoms with van der Waals surface area (Å²) < 4.78 is 5.21. The van der Waals surface area contributed by atoms with Crippen LogP contribution in [-0.2, 0) is 4.79 Å². The van der Waals surface area contributed by atoms with Crippen LogP contribution in [0.1, 0.15) is 31.1 Å². The fraction of sp³-hybridized carbons (Fsp3) is 0.455. The van der Waals surface area contributed by atoms with Crippen molar-refractivity contribution in [3.05, 3.63) is 16.8 Å². The molecule has 0 aromatic carbocycles. The van der Waals surface area contributed by atoms with E-state index in [0.29, 0.717) is 30.3 Å². The van der Waals surface area contributed by atoms with Gasteiger partial charge in [-0.25, -0.2) is 4.98 Å². The molecule has 0 saturated heterocycles. The van der Waals surface area contributed by atoms with Gasteiger partial charge in [0, 0.05) is 11.3 Å². The Hall–Kier alpha value is -1.76. The molecule has 1 aliphatic carbocycles. The monoisotopic (exact) mass is 265 g/mol. The molecule has 0 aliphatic heterocycles. The fourth-order valence-corrected chi connectivity index (χ4v) is 2.79. The number of hydrogen-bond donors (Lipinski definition) is 1. The predicted molar refractivity (Wildman–Crippen MR) is 63.1 cm³/mol. The number of aliphatic carboxylic acids is 1. The van der Waals surface area contributed by atoms with Gasteiger partial charge >= 0.3 is 5.97 Å². The number of aromatic nitrogens is 3. The third-order valence-electron chi connectivity index (χ3n) is 3.23. The molecule has 0 amide bonds. The number of nitrogens with zero attached hydrogens (tertiary/aromatic N) is 3. The normalized spacial score (nSPS) is 23.3. The summed E-state index contributed by atoms with van der Waals surface area (Å²) in [6, 6.07) is 0. The Labute approximate surface area is 107 Å². The zero-order valence-electron chi connectivity index (χ0n) is 9.44. The van der Waals surface area contributed by atoms with Gasteiger partial charge in [-0.2, -0.15) is 4.98 Å². The Balaban J connectivity index is 1.77. The third-order valence-corrected chi connectivity index (χ3v) is 3.82. The molecule has 2 aromatic heterocycles. The van der Waals surface area contributed by atoms with E-state index in [0.717, 1.165) is 6.42 Å². The zero-order valence-corrected chi connectivity index (χ0v) is 10.3. The van der Waals surface area contributed by atoms with Gasteiger partial charge in [0.05, 0.1) is 11.4 Å². The second kappa shape index (κ2) is 4.49. The number of thiazole rings is 1. The summed E-state index contributed by atoms with van der Waals surface area (Å²) in [5.74, 6) is 0.0409. The van der Waals surface area contributed by atoms with Gasteiger partial charge in [-0.05, 0) is 19.3 Å². The first-order valence-corrected chi connectivity index (χ1v) is 6.63. The molecule has 1 fully saturated rings. The SMILES string of the molecule is O=C(O)C1CCC(c2nc(-c3cscn3)no2)C1. The van der Waals surface area contributed by atoms with Crippen molar-refractivity contribution in [2.45, 2.75) is 25.2 Å². The van der Waals surface area contributed by atoms with Gasteiger partial charge in [0.25, 0.3) is 0 Å². The van der Waals surface area contributed by atoms with Crippen molar-refractivity contribution in [3.63, 3.8) is 0 Å². The molecule has 3 rings (SSSR count). The number of carbonyl (C=O) groups is 1. The highest BCUT2D eigenvalue weighted by atomic mass is 32.1. The number of hydrogen-bond acceptors (Lipinski definition) is 6. The smallest absolute Gasteiger partial charge is 0.306 e. The first kappa shape index (κ1) is 11.3. The van der Waals surface area contributed by atoms with Crippen LogP contribution in [0.4, 0.5) is 0 Å². The van der Waals surface area contributed by atoms with E-state index in [1.165, 1.54) is 11.3 Å². The number of carboxylic acid groups (broad SMARTS) is 1. The average molecular weight is 265 g/mol. The van der Waals surface area contributed by atoms with Crippen molar-refractivity contribution >= 4 is 17.3 Å². The molecular formula is C11H11N3O3S. The van der Waals surface area contributed by atoms with Crippen LogP contribution in [0.5, 0.6) is 0 Å². The summed E-state index contributed by atoms with van der Waals surface area (Å²) in [4.78, 5) is 19.3. The maximum atomic E-state index is 10.9. The predicted octanol–water partition coefficient (Wildman–Crippen LogP) is 2.16. The Morgan fingerprint density at radius 2 is 2.39 bits per heavy atom. The molecule has 18 heavy (non-hydrogen) atoms. The maximum absolute atomic E-state index is 10.9. The summed E-state index contributed by atoms with van der Waals surface area (Å²) in [5.41, 5.74) is 2.41. The molecule has 1 aliphatic rings. The topological polar surface area (TPSA) is 89.1 Å². The van der Waals surface area contributed by atoms with Gasteiger partial charge in [0.1, 0.15) is 5.69 Å². The minimum Gasteiger partial charge on any atom is -0.481 e. The van der Waals surface area contributed by atoms with Crippen LogP contribution in [-0.4, -0.2) is 26.2 Å². The Morgan fingerprint density at radius 3 is 3.06 bits per heavy atom. The van der Waals surface area contributed by atoms with Gasteiger partial charge in [0.2, 0.25) is 11.7 Å². The summed E-state index contributed by atoms with van der Waals surface area (Å²) in [5, 5.41) is 14.7. The Morgan fingerprint density at radius 1 is 1.50 bits per heavy atom. The molecule has 1 N–H and O–H groups in total. The fourth-order valence-electron chi connectivity index (χ4n) is 2.26. The van der Waals surface area contributed by atoms with Crippen LogP contribution in [0.15, 0.2) is 15.4 Å². The third kappa shape index (κ3) is 2.01. The Bertz CT molecular complexity index is 552. The van der Waals surface area contributed by atoms with Gasteiger partial charge in [-0.1, -0.05) is 5.16 Å². The number of carboxylic acids is 1. The minimum atomic E-state index is -0.739. The number of rotatable bonds is 3. The van der Waals surface area contributed by atoms with Crippen molar-refractivity contribution in [3.8, 4) is 11.5 Å². The highest BCUT2D eigenvalue weighted by Gasteiger charge is 2.33. The van der Waals surface area contributed by atoms with E-state index in [2.05, 4.69) is 15.1 Å². The summed E-state index contributed by atoms with van der Waals surface area (Å²) in [7, 11) is 0. The van der Waals surface area contributed by atoms with E-state index in [9.17, 15) is 4.79 Å². The molecule has 1 saturated carbocycles. The van der Waals surface area contributed by atoms with Crippen LogP contribution in [0.2, 0.25) is 0 Å². The highest BCUT2D eigenvalue weighted by molar-refractivity contribution is 7.07. The molecule has 2 atom stereocenters. The summed E-state index contributed by atoms with van der Waals surface area (Å²) >= 11 is 1.47. The lowest BCUT2D eigenvalue weighted by molar-refractivity contribution is -0.141. The molecule has 0 radical (unpaired) electrons. The zero-order chi connectivity index (χ0) is 12.5. The van der Waals surface area contributed by atoms with Gasteiger partial charge < -0.3 is 9.63 Å². The molecule has 7 heteroatoms. The van der Waals surface area contributed by atoms with Crippen molar-refractivity contribution in [1.82, 2.24) is 15.1 Å². The van der Waals surface area contributed by atoms with Crippen molar-refractivity contribution in [2.24, 2.45) is 5.92 Å². The maximum Gasteiger partial charge on any atom is 0.306 e. The van der Waals surface area contributed by atoms with E-state index in [-0.39, 0.29) is 11.8 Å². The van der Waals surface area contributed by atoms with Crippen molar-refractivity contribution in [2.75, 3.05) is 0 Å². The van der Waals surface area contributed by atoms with Crippen LogP contribution in [0.3, 0.4) is 0 Å². The largest absolute Gasteiger partial charge is 0.481 e. The molecule has 0 spiro atoms. The average Bonchev–Trinajstić information content (AvgIpc) is 3.10. The Kier molecular flexibility index (Phi) is 2.83. The van der Waals surface area contributed by atoms with Gasteiger partial charge in [-0.15, -0.1) is 11.3 Å². The standard InChI is InChI=1S/C11H11N3O3S/c15-11(16)7-2-1-6(3-7)10-13-9(14-17-10)8-4-18-5-12-8/h4-7H,1-3H2,(H,15,16). The van der Waals surface area contributed by atoms with Gasteiger partial charge in [0.15, 0.2) is 0 Å². The molecular weight excluding hydrogens is 254 g/mol. The second-order valence-electron chi connectivity index (χ2n) is 4.38. The quantitative estimate of drug-likeness (QED) is 0.914. The molecule has 94 valence electrons. The minimum absolute atomic E-state index is 0.0611. The summed E-state index contributed by atoms with van der Waals surface area (Å²) in [6.07, 6.45) is 2.04. The van der Waals surface area contributed by atoms with E-state index in [1.54, 1.807) is 5.51 Å². The van der Waals surface area contributed by atoms with Crippen molar-refractivity contribution in [1.29, 1.82) is 0 Å². The lowest BCUT2D eigenvalue weighted by atomic mass is 10.1. The first-order chi connectivity index (χ1) is 8.74. The molecule has 0 bridgehead atoms. The van der Waals surface area contributed by atoms with Crippen LogP contribution >= 0.6 is 11.3 Å². The summed E-state index contributed by atoms with van der Waals surface area (Å²) in [6.45, 7) is 0. The van der Waals surface area contributed by atoms with Crippen molar-refractivity contribution < 1.29 is 14.4 Å². The molecule has 2 aromatic rings. The first-order valence-electron chi connectivity index (χ1n) is 5.69. The van der Waals surface area contributed by atoms with E-state index >= 15 is 0 Å². The molecule has 6 nitrogen and oxygen atoms in total. The highest BCUT2D eigenvalue weighted by Crippen LogP contribution is 2.38.